The molecule has 3 heterocycles. The molecule has 0 N–H and O–H groups in total. The first-order chi connectivity index (χ1) is 11.6. The highest BCUT2D eigenvalue weighted by Crippen LogP contribution is 2.38. The first-order valence-corrected chi connectivity index (χ1v) is 8.58. The molecule has 0 radical (unpaired) electrons. The third-order valence-electron chi connectivity index (χ3n) is 5.38. The summed E-state index contributed by atoms with van der Waals surface area (Å²) in [6, 6.07) is 7.82. The quantitative estimate of drug-likeness (QED) is 0.843. The van der Waals surface area contributed by atoms with Gasteiger partial charge in [0.2, 0.25) is 11.8 Å². The third-order valence-corrected chi connectivity index (χ3v) is 5.38. The van der Waals surface area contributed by atoms with Crippen molar-refractivity contribution < 1.29 is 9.59 Å². The Bertz CT molecular complexity index is 766. The predicted octanol–water partition coefficient (Wildman–Crippen LogP) is 1.65. The summed E-state index contributed by atoms with van der Waals surface area (Å²) in [5.74, 6) is 0.0918. The SMILES string of the molecule is CN1CCCC2(CCCN2C(=O)Cn2cc3ccccc3n2)C1=O. The van der Waals surface area contributed by atoms with E-state index in [4.69, 9.17) is 0 Å². The van der Waals surface area contributed by atoms with Crippen LogP contribution in [0.25, 0.3) is 10.9 Å². The van der Waals surface area contributed by atoms with Crippen LogP contribution in [0, 0.1) is 0 Å². The molecule has 6 nitrogen and oxygen atoms in total. The van der Waals surface area contributed by atoms with Gasteiger partial charge in [0.25, 0.3) is 0 Å². The molecule has 2 aromatic rings. The van der Waals surface area contributed by atoms with Crippen molar-refractivity contribution in [2.24, 2.45) is 0 Å². The Hall–Kier alpha value is -2.37. The van der Waals surface area contributed by atoms with Gasteiger partial charge in [-0.1, -0.05) is 18.2 Å². The first-order valence-electron chi connectivity index (χ1n) is 8.58. The number of piperidine rings is 1. The molecule has 1 aromatic heterocycles. The number of carbonyl (C=O) groups is 2. The minimum Gasteiger partial charge on any atom is -0.344 e. The summed E-state index contributed by atoms with van der Waals surface area (Å²) >= 11 is 0. The zero-order chi connectivity index (χ0) is 16.7. The molecule has 1 spiro atoms. The summed E-state index contributed by atoms with van der Waals surface area (Å²) < 4.78 is 1.69. The summed E-state index contributed by atoms with van der Waals surface area (Å²) in [6.45, 7) is 1.64. The van der Waals surface area contributed by atoms with Gasteiger partial charge in [-0.05, 0) is 31.7 Å². The fourth-order valence-corrected chi connectivity index (χ4v) is 4.22. The number of hydrogen-bond acceptors (Lipinski definition) is 3. The summed E-state index contributed by atoms with van der Waals surface area (Å²) in [7, 11) is 1.84. The minimum atomic E-state index is -0.614. The number of amides is 2. The standard InChI is InChI=1S/C18H22N4O2/c1-20-10-4-8-18(17(20)24)9-5-11-22(18)16(23)13-21-12-14-6-2-3-7-15(14)19-21/h2-3,6-7,12H,4-5,8-11,13H2,1H3. The fourth-order valence-electron chi connectivity index (χ4n) is 4.22. The Kier molecular flexibility index (Phi) is 3.55. The maximum absolute atomic E-state index is 12.9. The molecular weight excluding hydrogens is 304 g/mol. The van der Waals surface area contributed by atoms with Crippen LogP contribution in [0.4, 0.5) is 0 Å². The summed E-state index contributed by atoms with van der Waals surface area (Å²) in [5, 5.41) is 5.49. The molecule has 2 saturated heterocycles. The van der Waals surface area contributed by atoms with E-state index in [1.165, 1.54) is 0 Å². The number of nitrogens with zero attached hydrogens (tertiary/aromatic N) is 4. The van der Waals surface area contributed by atoms with Crippen molar-refractivity contribution in [1.82, 2.24) is 19.6 Å². The van der Waals surface area contributed by atoms with Crippen LogP contribution < -0.4 is 0 Å². The minimum absolute atomic E-state index is 0.0102. The molecule has 1 atom stereocenters. The van der Waals surface area contributed by atoms with Gasteiger partial charge in [-0.3, -0.25) is 14.3 Å². The second-order valence-corrected chi connectivity index (χ2v) is 6.90. The molecular formula is C18H22N4O2. The molecule has 0 aliphatic carbocycles. The molecule has 2 aliphatic heterocycles. The average molecular weight is 326 g/mol. The van der Waals surface area contributed by atoms with E-state index < -0.39 is 5.54 Å². The van der Waals surface area contributed by atoms with Crippen molar-refractivity contribution in [3.8, 4) is 0 Å². The second-order valence-electron chi connectivity index (χ2n) is 6.90. The van der Waals surface area contributed by atoms with E-state index in [1.807, 2.05) is 42.4 Å². The van der Waals surface area contributed by atoms with Gasteiger partial charge in [0.15, 0.2) is 0 Å². The van der Waals surface area contributed by atoms with Crippen molar-refractivity contribution in [3.63, 3.8) is 0 Å². The number of carbonyl (C=O) groups excluding carboxylic acids is 2. The number of aromatic nitrogens is 2. The Morgan fingerprint density at radius 1 is 1.21 bits per heavy atom. The molecule has 4 rings (SSSR count). The lowest BCUT2D eigenvalue weighted by Crippen LogP contribution is -2.60. The summed E-state index contributed by atoms with van der Waals surface area (Å²) in [4.78, 5) is 29.3. The van der Waals surface area contributed by atoms with Gasteiger partial charge in [0, 0.05) is 31.7 Å². The number of likely N-dealkylation sites (N-methyl/N-ethyl adjacent to an activating group) is 1. The topological polar surface area (TPSA) is 58.4 Å². The van der Waals surface area contributed by atoms with E-state index in [0.717, 1.165) is 43.1 Å². The first kappa shape index (κ1) is 15.2. The molecule has 2 amide bonds. The Morgan fingerprint density at radius 2 is 1.96 bits per heavy atom. The van der Waals surface area contributed by atoms with Gasteiger partial charge in [-0.2, -0.15) is 5.10 Å². The number of fused-ring (bicyclic) bond motifs is 1. The van der Waals surface area contributed by atoms with Crippen LogP contribution in [0.15, 0.2) is 30.5 Å². The van der Waals surface area contributed by atoms with Crippen molar-refractivity contribution in [2.75, 3.05) is 20.1 Å². The van der Waals surface area contributed by atoms with Gasteiger partial charge in [0.05, 0.1) is 5.52 Å². The molecule has 126 valence electrons. The highest BCUT2D eigenvalue weighted by molar-refractivity contribution is 5.92. The average Bonchev–Trinajstić information content (AvgIpc) is 3.16. The van der Waals surface area contributed by atoms with Crippen LogP contribution in [0.2, 0.25) is 0 Å². The van der Waals surface area contributed by atoms with Crippen molar-refractivity contribution in [1.29, 1.82) is 0 Å². The van der Waals surface area contributed by atoms with Gasteiger partial charge in [0.1, 0.15) is 12.1 Å². The summed E-state index contributed by atoms with van der Waals surface area (Å²) in [5.41, 5.74) is 0.270. The molecule has 0 saturated carbocycles. The smallest absolute Gasteiger partial charge is 0.248 e. The van der Waals surface area contributed by atoms with Crippen LogP contribution in [-0.4, -0.2) is 57.1 Å². The maximum Gasteiger partial charge on any atom is 0.248 e. The van der Waals surface area contributed by atoms with Gasteiger partial charge in [-0.25, -0.2) is 0 Å². The Balaban J connectivity index is 1.58. The Labute approximate surface area is 141 Å². The molecule has 24 heavy (non-hydrogen) atoms. The summed E-state index contributed by atoms with van der Waals surface area (Å²) in [6.07, 6.45) is 5.31. The van der Waals surface area contributed by atoms with Crippen LogP contribution in [0.5, 0.6) is 0 Å². The normalized spacial score (nSPS) is 24.3. The Morgan fingerprint density at radius 3 is 2.75 bits per heavy atom. The van der Waals surface area contributed by atoms with Crippen molar-refractivity contribution in [3.05, 3.63) is 30.5 Å². The number of rotatable bonds is 2. The molecule has 6 heteroatoms. The van der Waals surface area contributed by atoms with E-state index in [0.29, 0.717) is 6.54 Å². The highest BCUT2D eigenvalue weighted by atomic mass is 16.2. The van der Waals surface area contributed by atoms with Gasteiger partial charge >= 0.3 is 0 Å². The predicted molar refractivity (Wildman–Crippen MR) is 90.3 cm³/mol. The van der Waals surface area contributed by atoms with E-state index >= 15 is 0 Å². The number of likely N-dealkylation sites (tertiary alicyclic amines) is 2. The third kappa shape index (κ3) is 2.28. The second kappa shape index (κ2) is 5.61. The highest BCUT2D eigenvalue weighted by Gasteiger charge is 2.51. The van der Waals surface area contributed by atoms with Crippen LogP contribution in [0.1, 0.15) is 25.7 Å². The van der Waals surface area contributed by atoms with E-state index in [9.17, 15) is 9.59 Å². The van der Waals surface area contributed by atoms with Gasteiger partial charge < -0.3 is 9.80 Å². The number of hydrogen-bond donors (Lipinski definition) is 0. The molecule has 2 fully saturated rings. The lowest BCUT2D eigenvalue weighted by Gasteiger charge is -2.43. The van der Waals surface area contributed by atoms with Crippen molar-refractivity contribution >= 4 is 22.7 Å². The van der Waals surface area contributed by atoms with E-state index in [1.54, 1.807) is 9.58 Å². The van der Waals surface area contributed by atoms with Crippen molar-refractivity contribution in [2.45, 2.75) is 37.8 Å². The molecule has 1 unspecified atom stereocenters. The van der Waals surface area contributed by atoms with Crippen LogP contribution in [0.3, 0.4) is 0 Å². The van der Waals surface area contributed by atoms with E-state index in [2.05, 4.69) is 5.10 Å². The lowest BCUT2D eigenvalue weighted by atomic mass is 9.85. The van der Waals surface area contributed by atoms with Gasteiger partial charge in [-0.15, -0.1) is 0 Å². The van der Waals surface area contributed by atoms with Crippen LogP contribution >= 0.6 is 0 Å². The van der Waals surface area contributed by atoms with E-state index in [-0.39, 0.29) is 18.4 Å². The zero-order valence-electron chi connectivity index (χ0n) is 13.9. The number of benzene rings is 1. The monoisotopic (exact) mass is 326 g/mol. The fraction of sp³-hybridized carbons (Fsp3) is 0.500. The molecule has 0 bridgehead atoms. The van der Waals surface area contributed by atoms with Crippen LogP contribution in [-0.2, 0) is 16.1 Å². The lowest BCUT2D eigenvalue weighted by molar-refractivity contribution is -0.154. The molecule has 2 aliphatic rings. The largest absolute Gasteiger partial charge is 0.344 e. The maximum atomic E-state index is 12.9. The zero-order valence-corrected chi connectivity index (χ0v) is 13.9. The molecule has 1 aromatic carbocycles.